The van der Waals surface area contributed by atoms with Crippen LogP contribution in [-0.2, 0) is 0 Å². The Bertz CT molecular complexity index is 1050. The van der Waals surface area contributed by atoms with Crippen molar-refractivity contribution >= 4 is 14.0 Å². The first-order valence-electron chi connectivity index (χ1n) is 11.5. The zero-order valence-corrected chi connectivity index (χ0v) is 22.7. The molecule has 0 aliphatic rings. The lowest BCUT2D eigenvalue weighted by Gasteiger charge is -2.26. The average molecular weight is 428 g/mol. The van der Waals surface area contributed by atoms with Gasteiger partial charge in [-0.05, 0) is 152 Å². The van der Waals surface area contributed by atoms with Crippen LogP contribution in [0.25, 0.3) is 22.3 Å². The van der Waals surface area contributed by atoms with Crippen molar-refractivity contribution < 1.29 is 0 Å². The van der Waals surface area contributed by atoms with Crippen molar-refractivity contribution in [3.05, 3.63) is 73.8 Å². The lowest BCUT2D eigenvalue weighted by atomic mass is 9.83. The van der Waals surface area contributed by atoms with E-state index >= 15 is 0 Å². The Kier molecular flexibility index (Phi) is 6.40. The van der Waals surface area contributed by atoms with Crippen molar-refractivity contribution in [2.24, 2.45) is 0 Å². The minimum atomic E-state index is -0.702. The summed E-state index contributed by atoms with van der Waals surface area (Å²) in [7, 11) is -0.702. The van der Waals surface area contributed by atoms with E-state index in [1.54, 1.807) is 5.19 Å². The van der Waals surface area contributed by atoms with Gasteiger partial charge < -0.3 is 0 Å². The molecule has 0 aromatic heterocycles. The summed E-state index contributed by atoms with van der Waals surface area (Å²) >= 11 is 0. The summed E-state index contributed by atoms with van der Waals surface area (Å²) in [4.78, 5) is 0. The number of hydrogen-bond acceptors (Lipinski definition) is 0. The van der Waals surface area contributed by atoms with Crippen molar-refractivity contribution in [3.8, 4) is 22.3 Å². The zero-order chi connectivity index (χ0) is 23.4. The molecule has 3 rings (SSSR count). The Labute approximate surface area is 192 Å². The monoisotopic (exact) mass is 427 g/mol. The largest absolute Gasteiger partial charge is 0.0808 e. The third-order valence-corrected chi connectivity index (χ3v) is 9.64. The maximum Gasteiger partial charge on any atom is 0.0808 e. The molecule has 0 unspecified atom stereocenters. The van der Waals surface area contributed by atoms with Gasteiger partial charge in [-0.1, -0.05) is 31.3 Å². The first-order chi connectivity index (χ1) is 14.4. The number of rotatable bonds is 3. The van der Waals surface area contributed by atoms with Crippen LogP contribution < -0.4 is 5.19 Å². The van der Waals surface area contributed by atoms with Crippen molar-refractivity contribution in [3.63, 3.8) is 0 Å². The lowest BCUT2D eigenvalue weighted by molar-refractivity contribution is 1.18. The molecule has 0 spiro atoms. The van der Waals surface area contributed by atoms with Crippen molar-refractivity contribution in [1.29, 1.82) is 0 Å². The minimum Gasteiger partial charge on any atom is -0.0670 e. The smallest absolute Gasteiger partial charge is 0.0670 e. The highest BCUT2D eigenvalue weighted by Crippen LogP contribution is 2.38. The second-order valence-corrected chi connectivity index (χ2v) is 12.2. The average Bonchev–Trinajstić information content (AvgIpc) is 2.73. The molecule has 0 nitrogen and oxygen atoms in total. The number of hydrogen-bond donors (Lipinski definition) is 0. The van der Waals surface area contributed by atoms with Crippen LogP contribution in [0.15, 0.2) is 18.2 Å². The molecule has 0 atom stereocenters. The molecule has 31 heavy (non-hydrogen) atoms. The molecule has 163 valence electrons. The molecule has 0 bridgehead atoms. The van der Waals surface area contributed by atoms with Crippen molar-refractivity contribution in [2.75, 3.05) is 0 Å². The van der Waals surface area contributed by atoms with Crippen LogP contribution in [0.5, 0.6) is 0 Å². The normalized spacial score (nSPS) is 11.5. The van der Waals surface area contributed by atoms with E-state index in [4.69, 9.17) is 0 Å². The highest BCUT2D eigenvalue weighted by atomic mass is 28.3. The zero-order valence-electron chi connectivity index (χ0n) is 21.7. The Morgan fingerprint density at radius 3 is 0.935 bits per heavy atom. The van der Waals surface area contributed by atoms with Gasteiger partial charge in [0.05, 0.1) is 8.80 Å². The van der Waals surface area contributed by atoms with Gasteiger partial charge in [-0.2, -0.15) is 0 Å². The molecule has 0 aliphatic carbocycles. The summed E-state index contributed by atoms with van der Waals surface area (Å²) in [5, 5.41) is 1.58. The van der Waals surface area contributed by atoms with E-state index in [0.29, 0.717) is 0 Å². The fraction of sp³-hybridized carbons (Fsp3) is 0.400. The standard InChI is InChI=1S/C30H39Si/c1-16-18(3)22(7)28(23(8)19(16)4)26-14-13-15-27(30(26)31(11)12)29-24(9)20(5)17(2)21(6)25(29)10/h13-15H,1-12H3. The Balaban J connectivity index is 2.49. The van der Waals surface area contributed by atoms with E-state index in [0.717, 1.165) is 0 Å². The second-order valence-electron chi connectivity index (χ2n) is 9.73. The predicted octanol–water partition coefficient (Wildman–Crippen LogP) is 8.07. The van der Waals surface area contributed by atoms with Gasteiger partial charge in [0.25, 0.3) is 0 Å². The predicted molar refractivity (Wildman–Crippen MR) is 142 cm³/mol. The van der Waals surface area contributed by atoms with Crippen molar-refractivity contribution in [1.82, 2.24) is 0 Å². The first-order valence-corrected chi connectivity index (χ1v) is 14.0. The molecule has 1 heteroatoms. The van der Waals surface area contributed by atoms with Crippen LogP contribution in [0, 0.1) is 69.2 Å². The second kappa shape index (κ2) is 8.43. The van der Waals surface area contributed by atoms with Crippen LogP contribution in [0.3, 0.4) is 0 Å². The molecule has 0 amide bonds. The highest BCUT2D eigenvalue weighted by Gasteiger charge is 2.23. The fourth-order valence-corrected chi connectivity index (χ4v) is 6.81. The van der Waals surface area contributed by atoms with E-state index in [2.05, 4.69) is 101 Å². The molecular weight excluding hydrogens is 388 g/mol. The summed E-state index contributed by atoms with van der Waals surface area (Å²) in [5.74, 6) is 0. The summed E-state index contributed by atoms with van der Waals surface area (Å²) in [5.41, 5.74) is 20.2. The van der Waals surface area contributed by atoms with Crippen LogP contribution in [0.1, 0.15) is 55.6 Å². The summed E-state index contributed by atoms with van der Waals surface area (Å²) in [6.45, 7) is 27.8. The molecule has 3 aromatic carbocycles. The first kappa shape index (κ1) is 23.5. The highest BCUT2D eigenvalue weighted by molar-refractivity contribution is 6.73. The topological polar surface area (TPSA) is 0 Å². The molecule has 1 radical (unpaired) electrons. The van der Waals surface area contributed by atoms with Gasteiger partial charge in [-0.3, -0.25) is 0 Å². The third kappa shape index (κ3) is 3.61. The molecule has 0 saturated carbocycles. The molecule has 3 aromatic rings. The van der Waals surface area contributed by atoms with E-state index in [1.807, 2.05) is 0 Å². The van der Waals surface area contributed by atoms with Gasteiger partial charge in [0, 0.05) is 0 Å². The van der Waals surface area contributed by atoms with Crippen LogP contribution >= 0.6 is 0 Å². The van der Waals surface area contributed by atoms with Gasteiger partial charge in [0.1, 0.15) is 0 Å². The molecular formula is C30H39Si. The summed E-state index contributed by atoms with van der Waals surface area (Å²) < 4.78 is 0. The van der Waals surface area contributed by atoms with E-state index in [-0.39, 0.29) is 0 Å². The van der Waals surface area contributed by atoms with Gasteiger partial charge in [0.15, 0.2) is 0 Å². The quantitative estimate of drug-likeness (QED) is 0.371. The third-order valence-electron chi connectivity index (χ3n) is 8.10. The van der Waals surface area contributed by atoms with Gasteiger partial charge in [-0.25, -0.2) is 0 Å². The summed E-state index contributed by atoms with van der Waals surface area (Å²) in [6, 6.07) is 7.03. The molecule has 0 heterocycles. The molecule has 0 aliphatic heterocycles. The Hall–Kier alpha value is -2.12. The van der Waals surface area contributed by atoms with E-state index in [9.17, 15) is 0 Å². The molecule has 0 N–H and O–H groups in total. The van der Waals surface area contributed by atoms with Crippen LogP contribution in [-0.4, -0.2) is 8.80 Å². The lowest BCUT2D eigenvalue weighted by Crippen LogP contribution is -2.28. The van der Waals surface area contributed by atoms with Gasteiger partial charge in [-0.15, -0.1) is 0 Å². The number of benzene rings is 3. The van der Waals surface area contributed by atoms with Gasteiger partial charge >= 0.3 is 0 Å². The fourth-order valence-electron chi connectivity index (χ4n) is 5.32. The Morgan fingerprint density at radius 2 is 0.677 bits per heavy atom. The maximum absolute atomic E-state index is 2.45. The Morgan fingerprint density at radius 1 is 0.419 bits per heavy atom. The van der Waals surface area contributed by atoms with E-state index in [1.165, 1.54) is 77.9 Å². The SMILES string of the molecule is Cc1c(C)c(C)c(-c2cccc(-c3c(C)c(C)c(C)c(C)c3C)c2[Si](C)C)c(C)c1C. The van der Waals surface area contributed by atoms with Gasteiger partial charge in [0.2, 0.25) is 0 Å². The summed E-state index contributed by atoms with van der Waals surface area (Å²) in [6.07, 6.45) is 0. The minimum absolute atomic E-state index is 0.702. The molecule has 0 saturated heterocycles. The van der Waals surface area contributed by atoms with Crippen LogP contribution in [0.2, 0.25) is 13.1 Å². The van der Waals surface area contributed by atoms with E-state index < -0.39 is 8.80 Å². The maximum atomic E-state index is 2.45. The van der Waals surface area contributed by atoms with Crippen LogP contribution in [0.4, 0.5) is 0 Å². The molecule has 0 fully saturated rings. The van der Waals surface area contributed by atoms with Crippen molar-refractivity contribution in [2.45, 2.75) is 82.3 Å².